The molecule has 1 aliphatic rings. The number of hydrogen-bond acceptors (Lipinski definition) is 4. The van der Waals surface area contributed by atoms with Crippen molar-refractivity contribution in [1.29, 1.82) is 0 Å². The van der Waals surface area contributed by atoms with Crippen molar-refractivity contribution in [1.82, 2.24) is 10.6 Å². The van der Waals surface area contributed by atoms with Gasteiger partial charge in [-0.25, -0.2) is 0 Å². The molecule has 0 bridgehead atoms. The van der Waals surface area contributed by atoms with Crippen molar-refractivity contribution in [3.05, 3.63) is 23.8 Å². The van der Waals surface area contributed by atoms with E-state index in [4.69, 9.17) is 14.2 Å². The lowest BCUT2D eigenvalue weighted by molar-refractivity contribution is 0.195. The van der Waals surface area contributed by atoms with Crippen LogP contribution < -0.4 is 20.1 Å². The van der Waals surface area contributed by atoms with Crippen LogP contribution in [0.15, 0.2) is 23.2 Å². The molecule has 0 unspecified atom stereocenters. The minimum Gasteiger partial charge on any atom is -0.497 e. The molecule has 0 aromatic heterocycles. The van der Waals surface area contributed by atoms with Gasteiger partial charge in [0.2, 0.25) is 0 Å². The van der Waals surface area contributed by atoms with Crippen LogP contribution in [0.4, 0.5) is 0 Å². The van der Waals surface area contributed by atoms with Crippen molar-refractivity contribution in [2.24, 2.45) is 4.99 Å². The molecule has 0 aliphatic heterocycles. The zero-order chi connectivity index (χ0) is 17.9. The molecule has 0 amide bonds. The van der Waals surface area contributed by atoms with E-state index in [0.717, 1.165) is 55.4 Å². The average molecular weight is 477 g/mol. The summed E-state index contributed by atoms with van der Waals surface area (Å²) >= 11 is 0. The Labute approximate surface area is 174 Å². The Morgan fingerprint density at radius 1 is 1.19 bits per heavy atom. The predicted octanol–water partition coefficient (Wildman–Crippen LogP) is 3.34. The van der Waals surface area contributed by atoms with E-state index in [1.54, 1.807) is 21.3 Å². The molecule has 2 N–H and O–H groups in total. The second-order valence-corrected chi connectivity index (χ2v) is 6.20. The molecule has 1 aromatic carbocycles. The number of methoxy groups -OCH3 is 2. The molecule has 0 radical (unpaired) electrons. The first-order valence-corrected chi connectivity index (χ1v) is 9.04. The third-order valence-electron chi connectivity index (χ3n) is 4.36. The van der Waals surface area contributed by atoms with Crippen LogP contribution in [0.25, 0.3) is 0 Å². The van der Waals surface area contributed by atoms with E-state index in [9.17, 15) is 0 Å². The maximum Gasteiger partial charge on any atom is 0.191 e. The van der Waals surface area contributed by atoms with Gasteiger partial charge in [-0.2, -0.15) is 0 Å². The molecular formula is C19H32IN3O3. The topological polar surface area (TPSA) is 64.1 Å². The smallest absolute Gasteiger partial charge is 0.191 e. The predicted molar refractivity (Wildman–Crippen MR) is 116 cm³/mol. The molecule has 0 saturated heterocycles. The highest BCUT2D eigenvalue weighted by molar-refractivity contribution is 14.0. The highest BCUT2D eigenvalue weighted by Crippen LogP contribution is 2.29. The molecule has 1 fully saturated rings. The maximum absolute atomic E-state index is 6.23. The van der Waals surface area contributed by atoms with Crippen LogP contribution in [0.3, 0.4) is 0 Å². The van der Waals surface area contributed by atoms with E-state index < -0.39 is 0 Å². The van der Waals surface area contributed by atoms with Crippen molar-refractivity contribution < 1.29 is 14.2 Å². The summed E-state index contributed by atoms with van der Waals surface area (Å²) in [4.78, 5) is 4.26. The van der Waals surface area contributed by atoms with Crippen molar-refractivity contribution in [2.75, 3.05) is 34.4 Å². The third-order valence-corrected chi connectivity index (χ3v) is 4.36. The molecule has 26 heavy (non-hydrogen) atoms. The molecule has 1 aliphatic carbocycles. The maximum atomic E-state index is 6.23. The lowest BCUT2D eigenvalue weighted by Gasteiger charge is -2.18. The van der Waals surface area contributed by atoms with Crippen LogP contribution in [-0.4, -0.2) is 46.5 Å². The van der Waals surface area contributed by atoms with Gasteiger partial charge in [-0.1, -0.05) is 0 Å². The largest absolute Gasteiger partial charge is 0.497 e. The van der Waals surface area contributed by atoms with Gasteiger partial charge in [0.25, 0.3) is 0 Å². The molecular weight excluding hydrogens is 445 g/mol. The molecule has 2 rings (SSSR count). The highest BCUT2D eigenvalue weighted by atomic mass is 127. The van der Waals surface area contributed by atoms with Crippen LogP contribution in [-0.2, 0) is 11.3 Å². The standard InChI is InChI=1S/C19H31N3O3.HI/c1-20-19(21-11-6-12-23-2)22-14-15-9-10-17(24-3)13-18(15)25-16-7-4-5-8-16;/h9-10,13,16H,4-8,11-12,14H2,1-3H3,(H2,20,21,22);1H. The number of benzene rings is 1. The van der Waals surface area contributed by atoms with E-state index in [0.29, 0.717) is 12.6 Å². The van der Waals surface area contributed by atoms with Gasteiger partial charge in [0, 0.05) is 45.5 Å². The highest BCUT2D eigenvalue weighted by Gasteiger charge is 2.18. The van der Waals surface area contributed by atoms with Crippen LogP contribution in [0, 0.1) is 0 Å². The van der Waals surface area contributed by atoms with Crippen LogP contribution in [0.5, 0.6) is 11.5 Å². The Hall–Kier alpha value is -1.22. The van der Waals surface area contributed by atoms with Crippen molar-refractivity contribution in [3.63, 3.8) is 0 Å². The number of guanidine groups is 1. The third kappa shape index (κ3) is 7.57. The molecule has 0 heterocycles. The number of nitrogens with one attached hydrogen (secondary N) is 2. The first-order chi connectivity index (χ1) is 12.3. The van der Waals surface area contributed by atoms with Gasteiger partial charge >= 0.3 is 0 Å². The number of ether oxygens (including phenoxy) is 3. The number of hydrogen-bond donors (Lipinski definition) is 2. The summed E-state index contributed by atoms with van der Waals surface area (Å²) in [7, 11) is 5.16. The van der Waals surface area contributed by atoms with E-state index in [1.165, 1.54) is 12.8 Å². The van der Waals surface area contributed by atoms with Gasteiger partial charge in [0.15, 0.2) is 5.96 Å². The summed E-state index contributed by atoms with van der Waals surface area (Å²) in [5, 5.41) is 6.63. The molecule has 1 saturated carbocycles. The lowest BCUT2D eigenvalue weighted by atomic mass is 10.2. The van der Waals surface area contributed by atoms with Crippen LogP contribution >= 0.6 is 24.0 Å². The number of nitrogens with zero attached hydrogens (tertiary/aromatic N) is 1. The summed E-state index contributed by atoms with van der Waals surface area (Å²) in [6.07, 6.45) is 6.02. The SMILES string of the molecule is CN=C(NCCCOC)NCc1ccc(OC)cc1OC1CCCC1.I. The van der Waals surface area contributed by atoms with Crippen LogP contribution in [0.2, 0.25) is 0 Å². The number of halogens is 1. The first-order valence-electron chi connectivity index (χ1n) is 9.04. The second-order valence-electron chi connectivity index (χ2n) is 6.20. The summed E-state index contributed by atoms with van der Waals surface area (Å²) in [6, 6.07) is 5.99. The Morgan fingerprint density at radius 2 is 1.96 bits per heavy atom. The van der Waals surface area contributed by atoms with Gasteiger partial charge in [-0.05, 0) is 44.2 Å². The van der Waals surface area contributed by atoms with E-state index >= 15 is 0 Å². The summed E-state index contributed by atoms with van der Waals surface area (Å²) in [5.41, 5.74) is 1.10. The van der Waals surface area contributed by atoms with E-state index in [2.05, 4.69) is 15.6 Å². The Balaban J connectivity index is 0.00000338. The lowest BCUT2D eigenvalue weighted by Crippen LogP contribution is -2.37. The molecule has 0 atom stereocenters. The average Bonchev–Trinajstić information content (AvgIpc) is 3.15. The van der Waals surface area contributed by atoms with Gasteiger partial charge in [0.05, 0.1) is 13.2 Å². The summed E-state index contributed by atoms with van der Waals surface area (Å²) in [5.74, 6) is 2.49. The van der Waals surface area contributed by atoms with Crippen molar-refractivity contribution in [2.45, 2.75) is 44.8 Å². The van der Waals surface area contributed by atoms with Gasteiger partial charge in [-0.3, -0.25) is 4.99 Å². The quantitative estimate of drug-likeness (QED) is 0.247. The Kier molecular flexibility index (Phi) is 11.4. The first kappa shape index (κ1) is 22.8. The Bertz CT molecular complexity index is 549. The minimum absolute atomic E-state index is 0. The van der Waals surface area contributed by atoms with Crippen molar-refractivity contribution >= 4 is 29.9 Å². The van der Waals surface area contributed by atoms with Gasteiger partial charge in [-0.15, -0.1) is 24.0 Å². The normalized spacial score (nSPS) is 14.7. The van der Waals surface area contributed by atoms with E-state index in [1.807, 2.05) is 18.2 Å². The minimum atomic E-state index is 0. The van der Waals surface area contributed by atoms with Gasteiger partial charge in [0.1, 0.15) is 11.5 Å². The van der Waals surface area contributed by atoms with Gasteiger partial charge < -0.3 is 24.8 Å². The fourth-order valence-corrected chi connectivity index (χ4v) is 2.93. The number of rotatable bonds is 9. The molecule has 6 nitrogen and oxygen atoms in total. The van der Waals surface area contributed by atoms with E-state index in [-0.39, 0.29) is 24.0 Å². The molecule has 7 heteroatoms. The summed E-state index contributed by atoms with van der Waals surface area (Å²) < 4.78 is 16.6. The van der Waals surface area contributed by atoms with Crippen LogP contribution in [0.1, 0.15) is 37.7 Å². The fraction of sp³-hybridized carbons (Fsp3) is 0.632. The zero-order valence-electron chi connectivity index (χ0n) is 16.0. The second kappa shape index (κ2) is 13.0. The zero-order valence-corrected chi connectivity index (χ0v) is 18.4. The molecule has 0 spiro atoms. The fourth-order valence-electron chi connectivity index (χ4n) is 2.93. The molecule has 148 valence electrons. The number of aliphatic imine (C=N–C) groups is 1. The van der Waals surface area contributed by atoms with Crippen molar-refractivity contribution in [3.8, 4) is 11.5 Å². The monoisotopic (exact) mass is 477 g/mol. The molecule has 1 aromatic rings. The Morgan fingerprint density at radius 3 is 2.62 bits per heavy atom. The summed E-state index contributed by atoms with van der Waals surface area (Å²) in [6.45, 7) is 2.21.